The quantitative estimate of drug-likeness (QED) is 0.630. The maximum Gasteiger partial charge on any atom is 0.323 e. The summed E-state index contributed by atoms with van der Waals surface area (Å²) in [5.41, 5.74) is 0.774. The van der Waals surface area contributed by atoms with E-state index in [4.69, 9.17) is 16.3 Å². The third kappa shape index (κ3) is 4.47. The molecule has 2 rings (SSSR count). The Labute approximate surface area is 143 Å². The van der Waals surface area contributed by atoms with Gasteiger partial charge in [-0.05, 0) is 24.3 Å². The van der Waals surface area contributed by atoms with Gasteiger partial charge in [-0.15, -0.1) is 0 Å². The van der Waals surface area contributed by atoms with Gasteiger partial charge in [-0.3, -0.25) is 10.1 Å². The minimum absolute atomic E-state index is 0.00188. The summed E-state index contributed by atoms with van der Waals surface area (Å²) in [6.07, 6.45) is 3.11. The highest BCUT2D eigenvalue weighted by molar-refractivity contribution is 6.32. The van der Waals surface area contributed by atoms with E-state index >= 15 is 0 Å². The number of rotatable bonds is 5. The van der Waals surface area contributed by atoms with Crippen molar-refractivity contribution in [3.63, 3.8) is 0 Å². The van der Waals surface area contributed by atoms with Crippen molar-refractivity contribution in [2.24, 2.45) is 0 Å². The summed E-state index contributed by atoms with van der Waals surface area (Å²) < 4.78 is 5.19. The Hall–Kier alpha value is -3.06. The molecule has 2 aromatic carbocycles. The van der Waals surface area contributed by atoms with E-state index in [2.05, 4.69) is 10.6 Å². The number of hydrogen-bond donors (Lipinski definition) is 2. The van der Waals surface area contributed by atoms with E-state index in [1.165, 1.54) is 24.4 Å². The third-order valence-corrected chi connectivity index (χ3v) is 3.34. The first-order chi connectivity index (χ1) is 11.5. The molecule has 8 heteroatoms. The fourth-order valence-corrected chi connectivity index (χ4v) is 2.10. The third-order valence-electron chi connectivity index (χ3n) is 3.02. The van der Waals surface area contributed by atoms with Crippen molar-refractivity contribution in [3.8, 4) is 5.75 Å². The summed E-state index contributed by atoms with van der Waals surface area (Å²) >= 11 is 5.71. The molecule has 0 aliphatic rings. The van der Waals surface area contributed by atoms with Crippen LogP contribution in [0.25, 0.3) is 6.08 Å². The van der Waals surface area contributed by atoms with Crippen molar-refractivity contribution in [1.29, 1.82) is 0 Å². The van der Waals surface area contributed by atoms with Gasteiger partial charge in [0.05, 0.1) is 12.0 Å². The Bertz CT molecular complexity index is 793. The van der Waals surface area contributed by atoms with Gasteiger partial charge in [-0.1, -0.05) is 29.8 Å². The van der Waals surface area contributed by atoms with E-state index in [-0.39, 0.29) is 16.4 Å². The van der Waals surface area contributed by atoms with Crippen LogP contribution < -0.4 is 15.4 Å². The van der Waals surface area contributed by atoms with Gasteiger partial charge in [0.1, 0.15) is 10.8 Å². The van der Waals surface area contributed by atoms with Crippen LogP contribution in [0, 0.1) is 10.1 Å². The Balaban J connectivity index is 2.00. The summed E-state index contributed by atoms with van der Waals surface area (Å²) in [7, 11) is 1.56. The molecule has 124 valence electrons. The lowest BCUT2D eigenvalue weighted by Gasteiger charge is -2.06. The predicted octanol–water partition coefficient (Wildman–Crippen LogP) is 4.05. The Morgan fingerprint density at radius 1 is 1.29 bits per heavy atom. The minimum atomic E-state index is -0.618. The van der Waals surface area contributed by atoms with Gasteiger partial charge in [0.15, 0.2) is 0 Å². The van der Waals surface area contributed by atoms with Crippen LogP contribution in [-0.4, -0.2) is 18.1 Å². The fourth-order valence-electron chi connectivity index (χ4n) is 1.91. The molecule has 0 fully saturated rings. The van der Waals surface area contributed by atoms with Gasteiger partial charge in [-0.2, -0.15) is 0 Å². The number of urea groups is 1. The molecule has 0 atom stereocenters. The highest BCUT2D eigenvalue weighted by Gasteiger charge is 2.13. The number of carbonyl (C=O) groups excluding carboxylic acids is 1. The second-order valence-corrected chi connectivity index (χ2v) is 5.00. The number of nitrogens with one attached hydrogen (secondary N) is 2. The number of para-hydroxylation sites is 1. The molecule has 24 heavy (non-hydrogen) atoms. The Morgan fingerprint density at radius 3 is 2.75 bits per heavy atom. The van der Waals surface area contributed by atoms with Crippen LogP contribution in [-0.2, 0) is 0 Å². The number of methoxy groups -OCH3 is 1. The van der Waals surface area contributed by atoms with Gasteiger partial charge in [-0.25, -0.2) is 4.79 Å². The van der Waals surface area contributed by atoms with Crippen LogP contribution in [0.15, 0.2) is 48.7 Å². The zero-order valence-electron chi connectivity index (χ0n) is 12.7. The average Bonchev–Trinajstić information content (AvgIpc) is 2.56. The molecule has 2 aromatic rings. The van der Waals surface area contributed by atoms with Crippen LogP contribution in [0.3, 0.4) is 0 Å². The smallest absolute Gasteiger partial charge is 0.323 e. The van der Waals surface area contributed by atoms with Crippen molar-refractivity contribution in [2.75, 3.05) is 12.4 Å². The molecule has 0 saturated carbocycles. The number of halogens is 1. The number of nitro benzene ring substituents is 1. The lowest BCUT2D eigenvalue weighted by molar-refractivity contribution is -0.384. The number of nitrogens with zero attached hydrogens (tertiary/aromatic N) is 1. The van der Waals surface area contributed by atoms with Crippen molar-refractivity contribution in [2.45, 2.75) is 0 Å². The SMILES string of the molecule is COc1ccccc1/C=C/NC(=O)Nc1ccc(Cl)c([N+](=O)[O-])c1. The number of carbonyl (C=O) groups is 1. The van der Waals surface area contributed by atoms with Gasteiger partial charge >= 0.3 is 6.03 Å². The maximum absolute atomic E-state index is 11.8. The number of benzene rings is 2. The van der Waals surface area contributed by atoms with Crippen LogP contribution in [0.4, 0.5) is 16.2 Å². The number of hydrogen-bond acceptors (Lipinski definition) is 4. The summed E-state index contributed by atoms with van der Waals surface area (Å²) in [6.45, 7) is 0. The molecule has 0 bridgehead atoms. The van der Waals surface area contributed by atoms with E-state index < -0.39 is 11.0 Å². The Morgan fingerprint density at radius 2 is 2.04 bits per heavy atom. The van der Waals surface area contributed by atoms with Gasteiger partial charge in [0, 0.05) is 23.5 Å². The topological polar surface area (TPSA) is 93.5 Å². The molecule has 2 amide bonds. The van der Waals surface area contributed by atoms with E-state index in [9.17, 15) is 14.9 Å². The molecule has 2 N–H and O–H groups in total. The molecule has 0 aliphatic carbocycles. The zero-order chi connectivity index (χ0) is 17.5. The van der Waals surface area contributed by atoms with Crippen molar-refractivity contribution >= 4 is 35.1 Å². The molecule has 0 heterocycles. The molecule has 0 aromatic heterocycles. The van der Waals surface area contributed by atoms with E-state index in [0.29, 0.717) is 5.75 Å². The molecule has 7 nitrogen and oxygen atoms in total. The highest BCUT2D eigenvalue weighted by atomic mass is 35.5. The molecule has 0 saturated heterocycles. The average molecular weight is 348 g/mol. The minimum Gasteiger partial charge on any atom is -0.496 e. The second-order valence-electron chi connectivity index (χ2n) is 4.60. The van der Waals surface area contributed by atoms with Gasteiger partial charge < -0.3 is 15.4 Å². The highest BCUT2D eigenvalue weighted by Crippen LogP contribution is 2.27. The predicted molar refractivity (Wildman–Crippen MR) is 92.3 cm³/mol. The number of ether oxygens (including phenoxy) is 1. The maximum atomic E-state index is 11.8. The second kappa shape index (κ2) is 7.98. The first kappa shape index (κ1) is 17.3. The van der Waals surface area contributed by atoms with Crippen LogP contribution in [0.5, 0.6) is 5.75 Å². The number of nitro groups is 1. The van der Waals surface area contributed by atoms with Crippen LogP contribution in [0.2, 0.25) is 5.02 Å². The largest absolute Gasteiger partial charge is 0.496 e. The Kier molecular flexibility index (Phi) is 5.75. The standard InChI is InChI=1S/C16H14ClN3O4/c1-24-15-5-3-2-4-11(15)8-9-18-16(21)19-12-6-7-13(17)14(10-12)20(22)23/h2-10H,1H3,(H2,18,19,21)/b9-8+. The van der Waals surface area contributed by atoms with Crippen LogP contribution >= 0.6 is 11.6 Å². The van der Waals surface area contributed by atoms with Crippen molar-refractivity contribution in [3.05, 3.63) is 69.4 Å². The monoisotopic (exact) mass is 347 g/mol. The molecule has 0 radical (unpaired) electrons. The number of anilines is 1. The zero-order valence-corrected chi connectivity index (χ0v) is 13.4. The number of amides is 2. The molecular formula is C16H14ClN3O4. The first-order valence-corrected chi connectivity index (χ1v) is 7.20. The normalized spacial score (nSPS) is 10.4. The first-order valence-electron chi connectivity index (χ1n) is 6.82. The molecule has 0 unspecified atom stereocenters. The van der Waals surface area contributed by atoms with Gasteiger partial charge in [0.25, 0.3) is 5.69 Å². The summed E-state index contributed by atoms with van der Waals surface area (Å²) in [6, 6.07) is 10.8. The van der Waals surface area contributed by atoms with Crippen molar-refractivity contribution in [1.82, 2.24) is 5.32 Å². The fraction of sp³-hybridized carbons (Fsp3) is 0.0625. The molecular weight excluding hydrogens is 334 g/mol. The van der Waals surface area contributed by atoms with Crippen LogP contribution in [0.1, 0.15) is 5.56 Å². The van der Waals surface area contributed by atoms with E-state index in [0.717, 1.165) is 5.56 Å². The summed E-state index contributed by atoms with van der Waals surface area (Å²) in [5.74, 6) is 0.671. The molecule has 0 spiro atoms. The summed E-state index contributed by atoms with van der Waals surface area (Å²) in [5, 5.41) is 15.8. The van der Waals surface area contributed by atoms with E-state index in [1.54, 1.807) is 19.3 Å². The van der Waals surface area contributed by atoms with E-state index in [1.807, 2.05) is 18.2 Å². The van der Waals surface area contributed by atoms with Gasteiger partial charge in [0.2, 0.25) is 0 Å². The lowest BCUT2D eigenvalue weighted by atomic mass is 10.2. The summed E-state index contributed by atoms with van der Waals surface area (Å²) in [4.78, 5) is 22.0. The van der Waals surface area contributed by atoms with Crippen molar-refractivity contribution < 1.29 is 14.5 Å². The molecule has 0 aliphatic heterocycles. The lowest BCUT2D eigenvalue weighted by Crippen LogP contribution is -2.23.